The van der Waals surface area contributed by atoms with Crippen molar-refractivity contribution in [2.45, 2.75) is 63.5 Å². The highest BCUT2D eigenvalue weighted by Gasteiger charge is 2.41. The topological polar surface area (TPSA) is 21.3 Å². The Labute approximate surface area is 126 Å². The maximum absolute atomic E-state index is 6.25. The first-order valence-electron chi connectivity index (χ1n) is 8.09. The van der Waals surface area contributed by atoms with Crippen LogP contribution in [0.15, 0.2) is 11.4 Å². The van der Waals surface area contributed by atoms with Gasteiger partial charge in [0.2, 0.25) is 0 Å². The molecule has 2 nitrogen and oxygen atoms in total. The maximum atomic E-state index is 6.25. The average Bonchev–Trinajstić information content (AvgIpc) is 2.87. The molecule has 1 saturated carbocycles. The number of thiophene rings is 1. The third-order valence-corrected chi connectivity index (χ3v) is 6.36. The van der Waals surface area contributed by atoms with Crippen molar-refractivity contribution in [3.63, 3.8) is 0 Å². The SMILES string of the molecule is CNC(c1sccc1C)C1CCOC2(CCCCC2)C1. The fourth-order valence-electron chi connectivity index (χ4n) is 4.18. The number of nitrogens with one attached hydrogen (secondary N) is 1. The number of hydrogen-bond acceptors (Lipinski definition) is 3. The predicted octanol–water partition coefficient (Wildman–Crippen LogP) is 4.45. The van der Waals surface area contributed by atoms with Crippen molar-refractivity contribution in [2.24, 2.45) is 5.92 Å². The normalized spacial score (nSPS) is 27.6. The average molecular weight is 293 g/mol. The lowest BCUT2D eigenvalue weighted by molar-refractivity contribution is -0.121. The third kappa shape index (κ3) is 2.81. The van der Waals surface area contributed by atoms with Crippen molar-refractivity contribution in [1.82, 2.24) is 5.32 Å². The van der Waals surface area contributed by atoms with Gasteiger partial charge in [-0.1, -0.05) is 19.3 Å². The third-order valence-electron chi connectivity index (χ3n) is 5.26. The van der Waals surface area contributed by atoms with Gasteiger partial charge in [0.15, 0.2) is 0 Å². The van der Waals surface area contributed by atoms with Crippen LogP contribution in [0.5, 0.6) is 0 Å². The van der Waals surface area contributed by atoms with Crippen LogP contribution in [0.4, 0.5) is 0 Å². The molecule has 2 aliphatic rings. The van der Waals surface area contributed by atoms with Crippen molar-refractivity contribution < 1.29 is 4.74 Å². The lowest BCUT2D eigenvalue weighted by atomic mass is 9.73. The van der Waals surface area contributed by atoms with Crippen LogP contribution in [-0.4, -0.2) is 19.3 Å². The molecule has 1 aliphatic carbocycles. The molecule has 1 N–H and O–H groups in total. The molecule has 0 aromatic carbocycles. The minimum absolute atomic E-state index is 0.210. The summed E-state index contributed by atoms with van der Waals surface area (Å²) in [6, 6.07) is 2.76. The molecular formula is C17H27NOS. The fourth-order valence-corrected chi connectivity index (χ4v) is 5.31. The fraction of sp³-hybridized carbons (Fsp3) is 0.765. The van der Waals surface area contributed by atoms with Crippen molar-refractivity contribution in [1.29, 1.82) is 0 Å². The molecule has 1 aromatic heterocycles. The summed E-state index contributed by atoms with van der Waals surface area (Å²) in [6.07, 6.45) is 9.12. The first-order chi connectivity index (χ1) is 9.74. The highest BCUT2D eigenvalue weighted by atomic mass is 32.1. The van der Waals surface area contributed by atoms with Gasteiger partial charge in [0.05, 0.1) is 5.60 Å². The molecule has 2 heterocycles. The van der Waals surface area contributed by atoms with Crippen LogP contribution in [0, 0.1) is 12.8 Å². The molecule has 20 heavy (non-hydrogen) atoms. The molecule has 112 valence electrons. The summed E-state index contributed by atoms with van der Waals surface area (Å²) in [5.41, 5.74) is 1.65. The summed E-state index contributed by atoms with van der Waals surface area (Å²) >= 11 is 1.91. The van der Waals surface area contributed by atoms with Gasteiger partial charge in [-0.15, -0.1) is 11.3 Å². The van der Waals surface area contributed by atoms with E-state index >= 15 is 0 Å². The van der Waals surface area contributed by atoms with E-state index in [-0.39, 0.29) is 5.60 Å². The predicted molar refractivity (Wildman–Crippen MR) is 85.3 cm³/mol. The van der Waals surface area contributed by atoms with E-state index < -0.39 is 0 Å². The Hall–Kier alpha value is -0.380. The Balaban J connectivity index is 1.76. The summed E-state index contributed by atoms with van der Waals surface area (Å²) in [4.78, 5) is 1.53. The zero-order valence-electron chi connectivity index (χ0n) is 12.8. The molecule has 1 saturated heterocycles. The Morgan fingerprint density at radius 1 is 1.35 bits per heavy atom. The Morgan fingerprint density at radius 2 is 2.15 bits per heavy atom. The quantitative estimate of drug-likeness (QED) is 0.889. The van der Waals surface area contributed by atoms with Crippen LogP contribution >= 0.6 is 11.3 Å². The second-order valence-electron chi connectivity index (χ2n) is 6.58. The van der Waals surface area contributed by atoms with Crippen molar-refractivity contribution in [3.8, 4) is 0 Å². The molecule has 2 unspecified atom stereocenters. The Kier molecular flexibility index (Phi) is 4.49. The van der Waals surface area contributed by atoms with E-state index in [1.165, 1.54) is 55.4 Å². The molecule has 2 fully saturated rings. The second kappa shape index (κ2) is 6.17. The van der Waals surface area contributed by atoms with Gasteiger partial charge in [-0.2, -0.15) is 0 Å². The van der Waals surface area contributed by atoms with Gasteiger partial charge in [0.25, 0.3) is 0 Å². The van der Waals surface area contributed by atoms with Crippen LogP contribution in [0.25, 0.3) is 0 Å². The summed E-state index contributed by atoms with van der Waals surface area (Å²) in [6.45, 7) is 3.19. The van der Waals surface area contributed by atoms with Gasteiger partial charge in [0, 0.05) is 17.5 Å². The molecule has 0 radical (unpaired) electrons. The van der Waals surface area contributed by atoms with Crippen LogP contribution in [0.3, 0.4) is 0 Å². The van der Waals surface area contributed by atoms with Crippen LogP contribution in [-0.2, 0) is 4.74 Å². The molecule has 2 atom stereocenters. The first-order valence-corrected chi connectivity index (χ1v) is 8.97. The number of aryl methyl sites for hydroxylation is 1. The highest BCUT2D eigenvalue weighted by molar-refractivity contribution is 7.10. The van der Waals surface area contributed by atoms with E-state index in [1.807, 2.05) is 11.3 Å². The van der Waals surface area contributed by atoms with E-state index in [0.29, 0.717) is 6.04 Å². The van der Waals surface area contributed by atoms with Crippen LogP contribution in [0.1, 0.15) is 61.4 Å². The zero-order valence-corrected chi connectivity index (χ0v) is 13.6. The van der Waals surface area contributed by atoms with Gasteiger partial charge in [-0.25, -0.2) is 0 Å². The van der Waals surface area contributed by atoms with E-state index in [9.17, 15) is 0 Å². The molecule has 0 bridgehead atoms. The maximum Gasteiger partial charge on any atom is 0.0686 e. The van der Waals surface area contributed by atoms with E-state index in [4.69, 9.17) is 4.74 Å². The number of hydrogen-bond donors (Lipinski definition) is 1. The van der Waals surface area contributed by atoms with E-state index in [2.05, 4.69) is 30.7 Å². The van der Waals surface area contributed by atoms with Gasteiger partial charge < -0.3 is 10.1 Å². The highest BCUT2D eigenvalue weighted by Crippen LogP contribution is 2.45. The Morgan fingerprint density at radius 3 is 2.80 bits per heavy atom. The van der Waals surface area contributed by atoms with Gasteiger partial charge in [-0.05, 0) is 62.6 Å². The molecule has 1 aromatic rings. The van der Waals surface area contributed by atoms with Crippen LogP contribution < -0.4 is 5.32 Å². The second-order valence-corrected chi connectivity index (χ2v) is 7.53. The summed E-state index contributed by atoms with van der Waals surface area (Å²) in [5.74, 6) is 0.726. The van der Waals surface area contributed by atoms with Crippen molar-refractivity contribution >= 4 is 11.3 Å². The monoisotopic (exact) mass is 293 g/mol. The minimum atomic E-state index is 0.210. The van der Waals surface area contributed by atoms with Gasteiger partial charge in [-0.3, -0.25) is 0 Å². The smallest absolute Gasteiger partial charge is 0.0686 e. The van der Waals surface area contributed by atoms with E-state index in [0.717, 1.165) is 12.5 Å². The van der Waals surface area contributed by atoms with Crippen molar-refractivity contribution in [2.75, 3.05) is 13.7 Å². The summed E-state index contributed by atoms with van der Waals surface area (Å²) < 4.78 is 6.25. The molecule has 1 aliphatic heterocycles. The zero-order chi connectivity index (χ0) is 14.0. The van der Waals surface area contributed by atoms with Crippen molar-refractivity contribution in [3.05, 3.63) is 21.9 Å². The molecular weight excluding hydrogens is 266 g/mol. The molecule has 3 heteroatoms. The largest absolute Gasteiger partial charge is 0.375 e. The molecule has 3 rings (SSSR count). The van der Waals surface area contributed by atoms with Gasteiger partial charge in [0.1, 0.15) is 0 Å². The molecule has 1 spiro atoms. The van der Waals surface area contributed by atoms with E-state index in [1.54, 1.807) is 0 Å². The number of ether oxygens (including phenoxy) is 1. The van der Waals surface area contributed by atoms with Gasteiger partial charge >= 0.3 is 0 Å². The van der Waals surface area contributed by atoms with Crippen LogP contribution in [0.2, 0.25) is 0 Å². The number of rotatable bonds is 3. The molecule has 0 amide bonds. The summed E-state index contributed by atoms with van der Waals surface area (Å²) in [7, 11) is 2.12. The Bertz CT molecular complexity index is 430. The minimum Gasteiger partial charge on any atom is -0.375 e. The summed E-state index contributed by atoms with van der Waals surface area (Å²) in [5, 5.41) is 5.82. The lowest BCUT2D eigenvalue weighted by Crippen LogP contribution is -2.44. The standard InChI is InChI=1S/C17H27NOS/c1-13-7-11-20-16(13)15(18-2)14-6-10-19-17(12-14)8-4-3-5-9-17/h7,11,14-15,18H,3-6,8-10,12H2,1-2H3. The first kappa shape index (κ1) is 14.6. The lowest BCUT2D eigenvalue weighted by Gasteiger charge is -2.45.